The van der Waals surface area contributed by atoms with Crippen LogP contribution in [0.1, 0.15) is 48.7 Å². The SMILES string of the molecule is Cc1ccsc1C(=O)NNC(=O)c1cc2c(s1)CCC(C)C2. The van der Waals surface area contributed by atoms with Gasteiger partial charge in [0.15, 0.2) is 0 Å². The first-order valence-electron chi connectivity index (χ1n) is 7.31. The first-order chi connectivity index (χ1) is 10.5. The number of carbonyl (C=O) groups excluding carboxylic acids is 2. The van der Waals surface area contributed by atoms with Crippen molar-refractivity contribution in [3.05, 3.63) is 43.3 Å². The highest BCUT2D eigenvalue weighted by molar-refractivity contribution is 7.14. The number of fused-ring (bicyclic) bond motifs is 1. The highest BCUT2D eigenvalue weighted by Gasteiger charge is 2.21. The summed E-state index contributed by atoms with van der Waals surface area (Å²) in [5.41, 5.74) is 7.21. The van der Waals surface area contributed by atoms with Crippen LogP contribution in [0.4, 0.5) is 0 Å². The molecular formula is C16H18N2O2S2. The molecule has 2 aromatic heterocycles. The average Bonchev–Trinajstić information content (AvgIpc) is 3.09. The molecule has 0 fully saturated rings. The van der Waals surface area contributed by atoms with Crippen LogP contribution in [0, 0.1) is 12.8 Å². The van der Waals surface area contributed by atoms with Gasteiger partial charge < -0.3 is 0 Å². The van der Waals surface area contributed by atoms with Crippen molar-refractivity contribution in [1.29, 1.82) is 0 Å². The molecule has 4 nitrogen and oxygen atoms in total. The van der Waals surface area contributed by atoms with Crippen molar-refractivity contribution in [2.45, 2.75) is 33.1 Å². The molecule has 0 saturated heterocycles. The molecule has 1 atom stereocenters. The van der Waals surface area contributed by atoms with Crippen molar-refractivity contribution < 1.29 is 9.59 Å². The number of rotatable bonds is 2. The number of carbonyl (C=O) groups is 2. The van der Waals surface area contributed by atoms with E-state index in [4.69, 9.17) is 0 Å². The van der Waals surface area contributed by atoms with Gasteiger partial charge in [-0.2, -0.15) is 0 Å². The van der Waals surface area contributed by atoms with E-state index in [2.05, 4.69) is 17.8 Å². The Morgan fingerprint density at radius 2 is 2.05 bits per heavy atom. The molecule has 6 heteroatoms. The lowest BCUT2D eigenvalue weighted by Gasteiger charge is -2.16. The summed E-state index contributed by atoms with van der Waals surface area (Å²) in [6, 6.07) is 3.85. The fourth-order valence-electron chi connectivity index (χ4n) is 2.65. The Hall–Kier alpha value is -1.66. The van der Waals surface area contributed by atoms with Crippen LogP contribution in [0.3, 0.4) is 0 Å². The normalized spacial score (nSPS) is 16.9. The molecule has 2 N–H and O–H groups in total. The summed E-state index contributed by atoms with van der Waals surface area (Å²) < 4.78 is 0. The summed E-state index contributed by atoms with van der Waals surface area (Å²) in [5, 5.41) is 1.86. The molecule has 2 heterocycles. The van der Waals surface area contributed by atoms with E-state index in [0.717, 1.165) is 18.4 Å². The van der Waals surface area contributed by atoms with Gasteiger partial charge in [0.25, 0.3) is 11.8 Å². The van der Waals surface area contributed by atoms with Crippen LogP contribution < -0.4 is 10.9 Å². The van der Waals surface area contributed by atoms with E-state index < -0.39 is 0 Å². The van der Waals surface area contributed by atoms with Gasteiger partial charge in [0.2, 0.25) is 0 Å². The lowest BCUT2D eigenvalue weighted by atomic mass is 9.90. The lowest BCUT2D eigenvalue weighted by molar-refractivity contribution is 0.0851. The monoisotopic (exact) mass is 334 g/mol. The van der Waals surface area contributed by atoms with Crippen molar-refractivity contribution in [2.75, 3.05) is 0 Å². The molecule has 0 aromatic carbocycles. The highest BCUT2D eigenvalue weighted by atomic mass is 32.1. The maximum atomic E-state index is 12.2. The number of thiophene rings is 2. The van der Waals surface area contributed by atoms with Gasteiger partial charge in [-0.05, 0) is 60.7 Å². The lowest BCUT2D eigenvalue weighted by Crippen LogP contribution is -2.41. The van der Waals surface area contributed by atoms with Crippen LogP contribution in [-0.2, 0) is 12.8 Å². The van der Waals surface area contributed by atoms with Crippen LogP contribution >= 0.6 is 22.7 Å². The van der Waals surface area contributed by atoms with Crippen molar-refractivity contribution >= 4 is 34.5 Å². The minimum atomic E-state index is -0.268. The van der Waals surface area contributed by atoms with E-state index in [1.807, 2.05) is 24.4 Å². The second-order valence-corrected chi connectivity index (χ2v) is 7.80. The smallest absolute Gasteiger partial charge is 0.266 e. The largest absolute Gasteiger partial charge is 0.280 e. The summed E-state index contributed by atoms with van der Waals surface area (Å²) in [4.78, 5) is 26.8. The Labute approximate surface area is 137 Å². The van der Waals surface area contributed by atoms with E-state index in [9.17, 15) is 9.59 Å². The molecule has 1 aliphatic carbocycles. The van der Waals surface area contributed by atoms with Crippen molar-refractivity contribution in [3.63, 3.8) is 0 Å². The fourth-order valence-corrected chi connectivity index (χ4v) is 4.58. The number of hydrogen-bond acceptors (Lipinski definition) is 4. The molecule has 0 bridgehead atoms. The van der Waals surface area contributed by atoms with Gasteiger partial charge in [-0.25, -0.2) is 0 Å². The van der Waals surface area contributed by atoms with Crippen LogP contribution in [0.2, 0.25) is 0 Å². The van der Waals surface area contributed by atoms with E-state index in [0.29, 0.717) is 15.7 Å². The third-order valence-corrected chi connectivity index (χ3v) is 6.16. The minimum absolute atomic E-state index is 0.241. The number of hydrogen-bond donors (Lipinski definition) is 2. The number of nitrogens with one attached hydrogen (secondary N) is 2. The van der Waals surface area contributed by atoms with Crippen molar-refractivity contribution in [2.24, 2.45) is 5.92 Å². The Kier molecular flexibility index (Phi) is 4.31. The van der Waals surface area contributed by atoms with Crippen molar-refractivity contribution in [1.82, 2.24) is 10.9 Å². The summed E-state index contributed by atoms with van der Waals surface area (Å²) in [6.07, 6.45) is 3.28. The third kappa shape index (κ3) is 3.08. The van der Waals surface area contributed by atoms with Gasteiger partial charge in [-0.15, -0.1) is 22.7 Å². The number of amides is 2. The Morgan fingerprint density at radius 1 is 1.27 bits per heavy atom. The first-order valence-corrected chi connectivity index (χ1v) is 9.00. The molecule has 0 radical (unpaired) electrons. The molecule has 3 rings (SSSR count). The highest BCUT2D eigenvalue weighted by Crippen LogP contribution is 2.32. The molecule has 116 valence electrons. The molecule has 22 heavy (non-hydrogen) atoms. The molecule has 0 spiro atoms. The van der Waals surface area contributed by atoms with Crippen LogP contribution in [-0.4, -0.2) is 11.8 Å². The van der Waals surface area contributed by atoms with Gasteiger partial charge in [-0.1, -0.05) is 6.92 Å². The maximum Gasteiger partial charge on any atom is 0.280 e. The minimum Gasteiger partial charge on any atom is -0.266 e. The predicted octanol–water partition coefficient (Wildman–Crippen LogP) is 3.32. The van der Waals surface area contributed by atoms with E-state index >= 15 is 0 Å². The zero-order valence-corrected chi connectivity index (χ0v) is 14.2. The third-order valence-electron chi connectivity index (χ3n) is 3.91. The Morgan fingerprint density at radius 3 is 2.77 bits per heavy atom. The standard InChI is InChI=1S/C16H18N2O2S2/c1-9-3-4-12-11(7-9)8-13(22-12)15(19)17-18-16(20)14-10(2)5-6-21-14/h5-6,8-9H,3-4,7H2,1-2H3,(H,17,19)(H,18,20). The van der Waals surface area contributed by atoms with Gasteiger partial charge in [0.1, 0.15) is 0 Å². The zero-order valence-electron chi connectivity index (χ0n) is 12.6. The molecule has 1 aliphatic rings. The molecule has 0 aliphatic heterocycles. The number of aryl methyl sites for hydroxylation is 2. The molecule has 2 aromatic rings. The predicted molar refractivity (Wildman–Crippen MR) is 89.5 cm³/mol. The van der Waals surface area contributed by atoms with E-state index in [1.54, 1.807) is 0 Å². The van der Waals surface area contributed by atoms with Crippen LogP contribution in [0.25, 0.3) is 0 Å². The topological polar surface area (TPSA) is 58.2 Å². The second-order valence-electron chi connectivity index (χ2n) is 5.75. The van der Waals surface area contributed by atoms with E-state index in [1.165, 1.54) is 39.5 Å². The van der Waals surface area contributed by atoms with Gasteiger partial charge in [0, 0.05) is 4.88 Å². The quantitative estimate of drug-likeness (QED) is 0.828. The van der Waals surface area contributed by atoms with Gasteiger partial charge in [0.05, 0.1) is 9.75 Å². The van der Waals surface area contributed by atoms with Gasteiger partial charge >= 0.3 is 0 Å². The maximum absolute atomic E-state index is 12.2. The zero-order chi connectivity index (χ0) is 15.7. The molecule has 2 amide bonds. The summed E-state index contributed by atoms with van der Waals surface area (Å²) in [7, 11) is 0. The Bertz CT molecular complexity index is 718. The first kappa shape index (κ1) is 15.2. The second kappa shape index (κ2) is 6.22. The summed E-state index contributed by atoms with van der Waals surface area (Å²) in [6.45, 7) is 4.12. The molecular weight excluding hydrogens is 316 g/mol. The van der Waals surface area contributed by atoms with Crippen molar-refractivity contribution in [3.8, 4) is 0 Å². The fraction of sp³-hybridized carbons (Fsp3) is 0.375. The van der Waals surface area contributed by atoms with E-state index in [-0.39, 0.29) is 11.8 Å². The Balaban J connectivity index is 1.63. The molecule has 0 saturated carbocycles. The van der Waals surface area contributed by atoms with Crippen LogP contribution in [0.5, 0.6) is 0 Å². The van der Waals surface area contributed by atoms with Gasteiger partial charge in [-0.3, -0.25) is 20.4 Å². The number of hydrazine groups is 1. The van der Waals surface area contributed by atoms with Crippen LogP contribution in [0.15, 0.2) is 17.5 Å². The summed E-state index contributed by atoms with van der Waals surface area (Å²) in [5.74, 6) is 0.171. The average molecular weight is 334 g/mol. The summed E-state index contributed by atoms with van der Waals surface area (Å²) >= 11 is 2.90. The molecule has 1 unspecified atom stereocenters.